The van der Waals surface area contributed by atoms with Gasteiger partial charge in [0, 0.05) is 5.69 Å². The lowest BCUT2D eigenvalue weighted by Gasteiger charge is -2.08. The van der Waals surface area contributed by atoms with E-state index in [0.29, 0.717) is 11.3 Å². The van der Waals surface area contributed by atoms with Crippen molar-refractivity contribution < 1.29 is 14.3 Å². The van der Waals surface area contributed by atoms with Gasteiger partial charge in [0.25, 0.3) is 0 Å². The third kappa shape index (κ3) is 3.55. The normalized spacial score (nSPS) is 10.2. The highest BCUT2D eigenvalue weighted by Gasteiger charge is 2.06. The van der Waals surface area contributed by atoms with E-state index in [0.717, 1.165) is 5.56 Å². The molecule has 0 saturated heterocycles. The Labute approximate surface area is 110 Å². The van der Waals surface area contributed by atoms with Crippen molar-refractivity contribution in [3.63, 3.8) is 0 Å². The SMILES string of the molecule is Cc1cc(F)ccc1NC(=O)Cc1ccc(O)cc1. The van der Waals surface area contributed by atoms with Crippen LogP contribution in [0.15, 0.2) is 42.5 Å². The zero-order chi connectivity index (χ0) is 13.8. The third-order valence-electron chi connectivity index (χ3n) is 2.76. The minimum absolute atomic E-state index is 0.165. The highest BCUT2D eigenvalue weighted by atomic mass is 19.1. The van der Waals surface area contributed by atoms with Crippen LogP contribution in [-0.4, -0.2) is 11.0 Å². The van der Waals surface area contributed by atoms with Crippen molar-refractivity contribution in [2.45, 2.75) is 13.3 Å². The highest BCUT2D eigenvalue weighted by molar-refractivity contribution is 5.92. The molecule has 0 atom stereocenters. The van der Waals surface area contributed by atoms with Gasteiger partial charge in [-0.3, -0.25) is 4.79 Å². The number of carbonyl (C=O) groups excluding carboxylic acids is 1. The van der Waals surface area contributed by atoms with Crippen LogP contribution in [0.1, 0.15) is 11.1 Å². The standard InChI is InChI=1S/C15H14FNO2/c1-10-8-12(16)4-7-14(10)17-15(19)9-11-2-5-13(18)6-3-11/h2-8,18H,9H2,1H3,(H,17,19). The third-order valence-corrected chi connectivity index (χ3v) is 2.76. The molecule has 0 radical (unpaired) electrons. The first-order valence-corrected chi connectivity index (χ1v) is 5.88. The predicted octanol–water partition coefficient (Wildman–Crippen LogP) is 3.02. The lowest BCUT2D eigenvalue weighted by Crippen LogP contribution is -2.15. The summed E-state index contributed by atoms with van der Waals surface area (Å²) < 4.78 is 12.9. The summed E-state index contributed by atoms with van der Waals surface area (Å²) in [4.78, 5) is 11.8. The second-order valence-electron chi connectivity index (χ2n) is 4.35. The molecule has 98 valence electrons. The van der Waals surface area contributed by atoms with Crippen LogP contribution in [0, 0.1) is 12.7 Å². The van der Waals surface area contributed by atoms with Crippen molar-refractivity contribution in [2.24, 2.45) is 0 Å². The van der Waals surface area contributed by atoms with E-state index >= 15 is 0 Å². The van der Waals surface area contributed by atoms with Crippen LogP contribution in [0.4, 0.5) is 10.1 Å². The van der Waals surface area contributed by atoms with Crippen molar-refractivity contribution in [1.82, 2.24) is 0 Å². The smallest absolute Gasteiger partial charge is 0.228 e. The molecule has 19 heavy (non-hydrogen) atoms. The lowest BCUT2D eigenvalue weighted by atomic mass is 10.1. The first-order chi connectivity index (χ1) is 9.04. The second-order valence-corrected chi connectivity index (χ2v) is 4.35. The Hall–Kier alpha value is -2.36. The summed E-state index contributed by atoms with van der Waals surface area (Å²) in [5.41, 5.74) is 2.08. The number of rotatable bonds is 3. The Bertz CT molecular complexity index is 594. The molecule has 1 amide bonds. The van der Waals surface area contributed by atoms with Gasteiger partial charge in [0.05, 0.1) is 6.42 Å². The van der Waals surface area contributed by atoms with E-state index in [1.54, 1.807) is 25.1 Å². The lowest BCUT2D eigenvalue weighted by molar-refractivity contribution is -0.115. The van der Waals surface area contributed by atoms with E-state index < -0.39 is 0 Å². The molecule has 2 N–H and O–H groups in total. The van der Waals surface area contributed by atoms with Gasteiger partial charge in [0.1, 0.15) is 11.6 Å². The predicted molar refractivity (Wildman–Crippen MR) is 71.6 cm³/mol. The average Bonchev–Trinajstić information content (AvgIpc) is 2.36. The number of phenols is 1. The molecule has 0 unspecified atom stereocenters. The number of aryl methyl sites for hydroxylation is 1. The Morgan fingerprint density at radius 2 is 1.89 bits per heavy atom. The summed E-state index contributed by atoms with van der Waals surface area (Å²) in [7, 11) is 0. The molecule has 0 aliphatic rings. The molecule has 0 saturated carbocycles. The fraction of sp³-hybridized carbons (Fsp3) is 0.133. The van der Waals surface area contributed by atoms with Gasteiger partial charge in [-0.1, -0.05) is 12.1 Å². The van der Waals surface area contributed by atoms with Crippen LogP contribution in [0.3, 0.4) is 0 Å². The van der Waals surface area contributed by atoms with Crippen LogP contribution >= 0.6 is 0 Å². The highest BCUT2D eigenvalue weighted by Crippen LogP contribution is 2.16. The number of aromatic hydroxyl groups is 1. The molecule has 2 aromatic carbocycles. The van der Waals surface area contributed by atoms with E-state index in [9.17, 15) is 9.18 Å². The van der Waals surface area contributed by atoms with Crippen LogP contribution in [0.2, 0.25) is 0 Å². The van der Waals surface area contributed by atoms with E-state index in [1.807, 2.05) is 0 Å². The van der Waals surface area contributed by atoms with Gasteiger partial charge in [-0.15, -0.1) is 0 Å². The van der Waals surface area contributed by atoms with E-state index in [-0.39, 0.29) is 23.9 Å². The molecule has 2 aromatic rings. The van der Waals surface area contributed by atoms with Gasteiger partial charge in [0.15, 0.2) is 0 Å². The molecule has 0 bridgehead atoms. The number of hydrogen-bond acceptors (Lipinski definition) is 2. The summed E-state index contributed by atoms with van der Waals surface area (Å²) in [5.74, 6) is -0.340. The fourth-order valence-corrected chi connectivity index (χ4v) is 1.76. The Kier molecular flexibility index (Phi) is 3.80. The summed E-state index contributed by atoms with van der Waals surface area (Å²) in [6.07, 6.45) is 0.205. The minimum atomic E-state index is -0.325. The Balaban J connectivity index is 2.03. The number of halogens is 1. The van der Waals surface area contributed by atoms with Crippen molar-refractivity contribution in [3.05, 3.63) is 59.4 Å². The van der Waals surface area contributed by atoms with Crippen molar-refractivity contribution in [1.29, 1.82) is 0 Å². The maximum absolute atomic E-state index is 12.9. The summed E-state index contributed by atoms with van der Waals surface area (Å²) in [6, 6.07) is 10.7. The summed E-state index contributed by atoms with van der Waals surface area (Å²) in [6.45, 7) is 1.74. The Morgan fingerprint density at radius 1 is 1.21 bits per heavy atom. The van der Waals surface area contributed by atoms with Crippen LogP contribution in [-0.2, 0) is 11.2 Å². The first kappa shape index (κ1) is 13.1. The molecule has 0 aromatic heterocycles. The number of anilines is 1. The molecule has 0 heterocycles. The summed E-state index contributed by atoms with van der Waals surface area (Å²) in [5, 5.41) is 11.9. The quantitative estimate of drug-likeness (QED) is 0.890. The molecule has 0 aliphatic carbocycles. The second kappa shape index (κ2) is 5.52. The van der Waals surface area contributed by atoms with Crippen LogP contribution in [0.5, 0.6) is 5.75 Å². The maximum Gasteiger partial charge on any atom is 0.228 e. The Morgan fingerprint density at radius 3 is 2.53 bits per heavy atom. The number of nitrogens with one attached hydrogen (secondary N) is 1. The van der Waals surface area contributed by atoms with E-state index in [1.165, 1.54) is 24.3 Å². The number of carbonyl (C=O) groups is 1. The number of amides is 1. The monoisotopic (exact) mass is 259 g/mol. The van der Waals surface area contributed by atoms with Gasteiger partial charge in [0.2, 0.25) is 5.91 Å². The van der Waals surface area contributed by atoms with Gasteiger partial charge >= 0.3 is 0 Å². The van der Waals surface area contributed by atoms with Gasteiger partial charge < -0.3 is 10.4 Å². The molecule has 2 rings (SSSR count). The number of hydrogen-bond donors (Lipinski definition) is 2. The van der Waals surface area contributed by atoms with Gasteiger partial charge in [-0.25, -0.2) is 4.39 Å². The summed E-state index contributed by atoms with van der Waals surface area (Å²) >= 11 is 0. The molecule has 4 heteroatoms. The van der Waals surface area contributed by atoms with Crippen LogP contribution in [0.25, 0.3) is 0 Å². The fourth-order valence-electron chi connectivity index (χ4n) is 1.76. The zero-order valence-corrected chi connectivity index (χ0v) is 10.5. The van der Waals surface area contributed by atoms with Crippen molar-refractivity contribution in [2.75, 3.05) is 5.32 Å². The van der Waals surface area contributed by atoms with Crippen LogP contribution < -0.4 is 5.32 Å². The van der Waals surface area contributed by atoms with E-state index in [2.05, 4.69) is 5.32 Å². The van der Waals surface area contributed by atoms with Crippen molar-refractivity contribution >= 4 is 11.6 Å². The molecule has 0 aliphatic heterocycles. The minimum Gasteiger partial charge on any atom is -0.508 e. The van der Waals surface area contributed by atoms with Gasteiger partial charge in [-0.2, -0.15) is 0 Å². The molecule has 3 nitrogen and oxygen atoms in total. The molecular weight excluding hydrogens is 245 g/mol. The van der Waals surface area contributed by atoms with E-state index in [4.69, 9.17) is 5.11 Å². The topological polar surface area (TPSA) is 49.3 Å². The average molecular weight is 259 g/mol. The number of benzene rings is 2. The first-order valence-electron chi connectivity index (χ1n) is 5.88. The molecule has 0 spiro atoms. The largest absolute Gasteiger partial charge is 0.508 e. The van der Waals surface area contributed by atoms with Gasteiger partial charge in [-0.05, 0) is 48.4 Å². The molecular formula is C15H14FNO2. The number of phenolic OH excluding ortho intramolecular Hbond substituents is 1. The maximum atomic E-state index is 12.9. The zero-order valence-electron chi connectivity index (χ0n) is 10.5. The van der Waals surface area contributed by atoms with Crippen molar-refractivity contribution in [3.8, 4) is 5.75 Å². The molecule has 0 fully saturated rings.